The van der Waals surface area contributed by atoms with Crippen molar-refractivity contribution >= 4 is 12.1 Å². The van der Waals surface area contributed by atoms with Crippen LogP contribution < -0.4 is 0 Å². The number of rotatable bonds is 9. The number of halogens is 10. The van der Waals surface area contributed by atoms with Crippen LogP contribution in [0.1, 0.15) is 264 Å². The van der Waals surface area contributed by atoms with Crippen molar-refractivity contribution in [1.29, 1.82) is 0 Å². The SMILES string of the molecule is C.CC[C@]1(O)CC[C@@]2(C)C(=CC[C@H]3[C@@H]4CC[C@H]([C@H](C)C(O)C(F)(F)F)[C@@]4(C)CC[C@@H]32)C1.CC[C@]1(O)CC[C@@]2(C)C(=CC[C@H]3[C@@H]4CC[C@H]([C@H](C)[C@@H](O)C(F)(F)F)[C@@]4(C)CC[C@@H]32)C1.CC[C@]1(O)CC[C@@]2(C)C(=CC[C@H]3[C@@H]4CC[C@H]([C@H](C)[C@H](O)C(F)(F)F)[C@@]4(C)CC[C@@H]32)C1.CSF. The van der Waals surface area contributed by atoms with Crippen molar-refractivity contribution in [1.82, 2.24) is 0 Å². The van der Waals surface area contributed by atoms with Gasteiger partial charge in [-0.2, -0.15) is 43.4 Å². The number of fused-ring (bicyclic) bond motifs is 15. The summed E-state index contributed by atoms with van der Waals surface area (Å²) in [5.41, 5.74) is 2.61. The molecule has 0 bridgehead atoms. The summed E-state index contributed by atoms with van der Waals surface area (Å²) >= 11 is 0.250. The zero-order chi connectivity index (χ0) is 69.0. The molecule has 0 heterocycles. The highest BCUT2D eigenvalue weighted by Crippen LogP contribution is 2.72. The Kier molecular flexibility index (Phi) is 23.1. The van der Waals surface area contributed by atoms with Gasteiger partial charge in [-0.25, -0.2) is 0 Å². The summed E-state index contributed by atoms with van der Waals surface area (Å²) in [6.07, 6.45) is 12.9. The number of alkyl halides is 9. The quantitative estimate of drug-likeness (QED) is 0.100. The first kappa shape index (κ1) is 78.4. The number of hydrogen-bond acceptors (Lipinski definition) is 7. The summed E-state index contributed by atoms with van der Waals surface area (Å²) in [5.74, 6) is 2.09. The smallest absolute Gasteiger partial charge is 0.390 e. The molecule has 12 rings (SSSR count). The lowest BCUT2D eigenvalue weighted by Gasteiger charge is -2.59. The van der Waals surface area contributed by atoms with E-state index in [1.165, 1.54) is 23.0 Å². The Balaban J connectivity index is 0.000000176. The van der Waals surface area contributed by atoms with Crippen LogP contribution in [0.5, 0.6) is 0 Å². The molecule has 0 spiro atoms. The van der Waals surface area contributed by atoms with Crippen LogP contribution in [0.2, 0.25) is 0 Å². The summed E-state index contributed by atoms with van der Waals surface area (Å²) in [6, 6.07) is 0. The summed E-state index contributed by atoms with van der Waals surface area (Å²) in [6.45, 7) is 24.8. The lowest BCUT2D eigenvalue weighted by Crippen LogP contribution is -2.53. The molecule has 0 aromatic carbocycles. The molecular formula is C77H124F10O6S. The van der Waals surface area contributed by atoms with Crippen LogP contribution in [0.15, 0.2) is 34.9 Å². The van der Waals surface area contributed by atoms with Gasteiger partial charge < -0.3 is 30.6 Å². The van der Waals surface area contributed by atoms with E-state index in [1.54, 1.807) is 20.8 Å². The molecule has 17 heteroatoms. The Morgan fingerprint density at radius 2 is 0.628 bits per heavy atom. The largest absolute Gasteiger partial charge is 0.414 e. The minimum Gasteiger partial charge on any atom is -0.390 e. The van der Waals surface area contributed by atoms with Crippen molar-refractivity contribution in [3.8, 4) is 0 Å². The minimum atomic E-state index is -4.54. The molecule has 0 aromatic heterocycles. The molecule has 12 aliphatic carbocycles. The number of aliphatic hydroxyl groups is 6. The molecule has 12 aliphatic rings. The first-order valence-electron chi connectivity index (χ1n) is 36.6. The lowest BCUT2D eigenvalue weighted by molar-refractivity contribution is -0.227. The minimum absolute atomic E-state index is 0. The molecule has 0 amide bonds. The van der Waals surface area contributed by atoms with Crippen molar-refractivity contribution in [2.24, 2.45) is 121 Å². The molecule has 1 unspecified atom stereocenters. The van der Waals surface area contributed by atoms with E-state index in [2.05, 4.69) is 80.5 Å². The summed E-state index contributed by atoms with van der Waals surface area (Å²) in [5, 5.41) is 62.5. The number of aliphatic hydroxyl groups excluding tert-OH is 3. The van der Waals surface area contributed by atoms with Gasteiger partial charge in [-0.15, -0.1) is 0 Å². The Bertz CT molecular complexity index is 2420. The Morgan fingerprint density at radius 1 is 0.404 bits per heavy atom. The molecule has 9 fully saturated rings. The van der Waals surface area contributed by atoms with Gasteiger partial charge in [0, 0.05) is 18.4 Å². The van der Waals surface area contributed by atoms with Gasteiger partial charge in [0.2, 0.25) is 0 Å². The van der Waals surface area contributed by atoms with Crippen molar-refractivity contribution < 1.29 is 74.0 Å². The van der Waals surface area contributed by atoms with Crippen LogP contribution in [0.25, 0.3) is 0 Å². The van der Waals surface area contributed by atoms with Gasteiger partial charge in [0.05, 0.1) is 16.8 Å². The standard InChI is InChI=1S/3C25H39F3O2.CH3FS.CH4/c3*1-5-24(30)13-12-22(3)16(14-24)6-7-17-19-9-8-18(15(2)21(29)25(26,27)28)23(19,4)11-10-20(17)22;1-3-2;/h3*6,15,17-21,29-30H,5,7-14H2,1-4H3;1H3;1H4/t15-,17-,18+,19-,20-,21?,22-,23+,24-;15-,17-,18+,19-,20-,21+,22-,23+,24-;15-,17-,18+,19-,20-,21-,22-,23+,24-;;/m000../s1. The third-order valence-corrected chi connectivity index (χ3v) is 31.4. The molecule has 0 saturated heterocycles. The molecular weight excluding hydrogens is 1240 g/mol. The maximum atomic E-state index is 13.2. The van der Waals surface area contributed by atoms with E-state index < -0.39 is 71.4 Å². The second-order valence-electron chi connectivity index (χ2n) is 34.9. The van der Waals surface area contributed by atoms with Crippen LogP contribution in [-0.4, -0.2) is 90.5 Å². The van der Waals surface area contributed by atoms with Gasteiger partial charge in [0.25, 0.3) is 0 Å². The first-order valence-corrected chi connectivity index (χ1v) is 37.8. The predicted molar refractivity (Wildman–Crippen MR) is 356 cm³/mol. The maximum absolute atomic E-state index is 13.2. The lowest BCUT2D eigenvalue weighted by atomic mass is 9.46. The van der Waals surface area contributed by atoms with Crippen molar-refractivity contribution in [3.63, 3.8) is 0 Å². The monoisotopic (exact) mass is 1370 g/mol. The fraction of sp³-hybridized carbons (Fsp3) is 0.922. The van der Waals surface area contributed by atoms with Crippen molar-refractivity contribution in [2.75, 3.05) is 6.26 Å². The van der Waals surface area contributed by atoms with Gasteiger partial charge in [-0.3, -0.25) is 0 Å². The summed E-state index contributed by atoms with van der Waals surface area (Å²) in [7, 11) is 0. The zero-order valence-electron chi connectivity index (χ0n) is 58.6. The second-order valence-corrected chi connectivity index (χ2v) is 35.2. The van der Waals surface area contributed by atoms with E-state index in [0.29, 0.717) is 53.3 Å². The average molecular weight is 1370 g/mol. The Morgan fingerprint density at radius 3 is 0.830 bits per heavy atom. The molecule has 9 saturated carbocycles. The molecule has 6 nitrogen and oxygen atoms in total. The van der Waals surface area contributed by atoms with Crippen LogP contribution in [0, 0.1) is 121 Å². The van der Waals surface area contributed by atoms with Gasteiger partial charge in [-0.05, 0) is 295 Å². The topological polar surface area (TPSA) is 121 Å². The first-order chi connectivity index (χ1) is 43.0. The molecule has 0 radical (unpaired) electrons. The highest BCUT2D eigenvalue weighted by Gasteiger charge is 2.66. The fourth-order valence-corrected chi connectivity index (χ4v) is 25.3. The summed E-state index contributed by atoms with van der Waals surface area (Å²) < 4.78 is 129. The van der Waals surface area contributed by atoms with E-state index in [1.807, 2.05) is 0 Å². The molecule has 544 valence electrons. The van der Waals surface area contributed by atoms with Gasteiger partial charge in [0.1, 0.15) is 0 Å². The predicted octanol–water partition coefficient (Wildman–Crippen LogP) is 20.7. The van der Waals surface area contributed by atoms with Gasteiger partial charge in [0.15, 0.2) is 18.3 Å². The molecule has 27 atom stereocenters. The second kappa shape index (κ2) is 27.8. The van der Waals surface area contributed by atoms with Crippen molar-refractivity contribution in [2.45, 2.75) is 318 Å². The zero-order valence-corrected chi connectivity index (χ0v) is 59.4. The normalized spacial score (nSPS) is 46.4. The van der Waals surface area contributed by atoms with E-state index in [-0.39, 0.29) is 69.8 Å². The van der Waals surface area contributed by atoms with Crippen LogP contribution in [0.4, 0.5) is 43.4 Å². The van der Waals surface area contributed by atoms with Crippen molar-refractivity contribution in [3.05, 3.63) is 34.9 Å². The third-order valence-electron chi connectivity index (χ3n) is 31.4. The molecule has 0 aliphatic heterocycles. The fourth-order valence-electron chi connectivity index (χ4n) is 25.3. The Labute approximate surface area is 563 Å². The average Bonchev–Trinajstić information content (AvgIpc) is 1.31. The highest BCUT2D eigenvalue weighted by atomic mass is 32.2. The Hall–Kier alpha value is -1.37. The van der Waals surface area contributed by atoms with Gasteiger partial charge >= 0.3 is 18.5 Å². The molecule has 94 heavy (non-hydrogen) atoms. The molecule has 6 N–H and O–H groups in total. The van der Waals surface area contributed by atoms with E-state index in [0.717, 1.165) is 173 Å². The van der Waals surface area contributed by atoms with E-state index in [4.69, 9.17) is 0 Å². The van der Waals surface area contributed by atoms with Crippen LogP contribution >= 0.6 is 12.1 Å². The third kappa shape index (κ3) is 13.8. The summed E-state index contributed by atoms with van der Waals surface area (Å²) in [4.78, 5) is 0. The van der Waals surface area contributed by atoms with E-state index >= 15 is 0 Å². The number of allylic oxidation sites excluding steroid dienone is 3. The van der Waals surface area contributed by atoms with Gasteiger partial charge in [-0.1, -0.05) is 125 Å². The maximum Gasteiger partial charge on any atom is 0.414 e. The highest BCUT2D eigenvalue weighted by molar-refractivity contribution is 7.93. The van der Waals surface area contributed by atoms with E-state index in [9.17, 15) is 74.0 Å². The van der Waals surface area contributed by atoms with Crippen LogP contribution in [0.3, 0.4) is 0 Å². The molecule has 0 aromatic rings. The number of hydrogen-bond donors (Lipinski definition) is 6. The van der Waals surface area contributed by atoms with Crippen LogP contribution in [-0.2, 0) is 0 Å².